The van der Waals surface area contributed by atoms with Crippen LogP contribution in [0.15, 0.2) is 11.4 Å². The fourth-order valence-electron chi connectivity index (χ4n) is 1.85. The number of piperazine rings is 1. The Morgan fingerprint density at radius 2 is 2.53 bits per heavy atom. The Balaban J connectivity index is 1.84. The molecule has 1 aromatic rings. The molecule has 2 rings (SSSR count). The van der Waals surface area contributed by atoms with Crippen molar-refractivity contribution in [3.63, 3.8) is 0 Å². The lowest BCUT2D eigenvalue weighted by Crippen LogP contribution is -2.52. The monoisotopic (exact) mass is 225 g/mol. The molecule has 0 radical (unpaired) electrons. The molecule has 2 heterocycles. The Labute approximate surface area is 95.5 Å². The molecule has 0 amide bonds. The van der Waals surface area contributed by atoms with Crippen LogP contribution >= 0.6 is 11.3 Å². The van der Waals surface area contributed by atoms with Gasteiger partial charge in [0, 0.05) is 32.2 Å². The topological polar surface area (TPSA) is 27.3 Å². The van der Waals surface area contributed by atoms with Crippen LogP contribution in [0.4, 0.5) is 5.00 Å². The van der Waals surface area contributed by atoms with Gasteiger partial charge in [-0.25, -0.2) is 0 Å². The second-order valence-electron chi connectivity index (χ2n) is 4.15. The highest BCUT2D eigenvalue weighted by molar-refractivity contribution is 7.14. The molecule has 0 aliphatic carbocycles. The molecule has 0 aromatic carbocycles. The van der Waals surface area contributed by atoms with Crippen molar-refractivity contribution >= 4 is 16.3 Å². The van der Waals surface area contributed by atoms with E-state index in [4.69, 9.17) is 0 Å². The summed E-state index contributed by atoms with van der Waals surface area (Å²) in [6.45, 7) is 6.54. The van der Waals surface area contributed by atoms with Gasteiger partial charge in [0.2, 0.25) is 0 Å². The van der Waals surface area contributed by atoms with E-state index in [1.54, 1.807) is 11.3 Å². The minimum absolute atomic E-state index is 0.611. The molecule has 1 aliphatic rings. The maximum absolute atomic E-state index is 3.53. The van der Waals surface area contributed by atoms with Crippen molar-refractivity contribution in [3.8, 4) is 0 Å². The number of hydrogen-bond donors (Lipinski definition) is 2. The Morgan fingerprint density at radius 3 is 3.20 bits per heavy atom. The second-order valence-corrected chi connectivity index (χ2v) is 5.07. The summed E-state index contributed by atoms with van der Waals surface area (Å²) in [7, 11) is 2.20. The molecule has 0 spiro atoms. The molecule has 2 N–H and O–H groups in total. The first-order valence-corrected chi connectivity index (χ1v) is 6.34. The van der Waals surface area contributed by atoms with Crippen LogP contribution in [-0.2, 0) is 0 Å². The first kappa shape index (κ1) is 10.9. The Bertz CT molecular complexity index is 311. The van der Waals surface area contributed by atoms with E-state index in [9.17, 15) is 0 Å². The van der Waals surface area contributed by atoms with Gasteiger partial charge < -0.3 is 10.6 Å². The Kier molecular flexibility index (Phi) is 3.61. The first-order chi connectivity index (χ1) is 7.27. The number of hydrogen-bond acceptors (Lipinski definition) is 4. The molecule has 0 saturated carbocycles. The molecule has 1 aromatic heterocycles. The van der Waals surface area contributed by atoms with Crippen molar-refractivity contribution in [2.24, 2.45) is 0 Å². The summed E-state index contributed by atoms with van der Waals surface area (Å²) in [6.07, 6.45) is 0. The van der Waals surface area contributed by atoms with E-state index < -0.39 is 0 Å². The molecule has 15 heavy (non-hydrogen) atoms. The molecular weight excluding hydrogens is 206 g/mol. The number of aryl methyl sites for hydroxylation is 1. The molecule has 1 unspecified atom stereocenters. The van der Waals surface area contributed by atoms with Gasteiger partial charge in [0.25, 0.3) is 0 Å². The van der Waals surface area contributed by atoms with Crippen molar-refractivity contribution in [1.29, 1.82) is 0 Å². The van der Waals surface area contributed by atoms with Crippen LogP contribution in [0.1, 0.15) is 5.56 Å². The molecule has 4 heteroatoms. The first-order valence-electron chi connectivity index (χ1n) is 5.46. The summed E-state index contributed by atoms with van der Waals surface area (Å²) in [5, 5.41) is 10.4. The van der Waals surface area contributed by atoms with Crippen molar-refractivity contribution in [3.05, 3.63) is 17.0 Å². The van der Waals surface area contributed by atoms with Gasteiger partial charge in [-0.3, -0.25) is 4.90 Å². The van der Waals surface area contributed by atoms with Crippen molar-refractivity contribution in [2.75, 3.05) is 38.5 Å². The van der Waals surface area contributed by atoms with Crippen molar-refractivity contribution < 1.29 is 0 Å². The largest absolute Gasteiger partial charge is 0.375 e. The zero-order chi connectivity index (χ0) is 10.7. The van der Waals surface area contributed by atoms with E-state index in [1.165, 1.54) is 10.6 Å². The lowest BCUT2D eigenvalue weighted by atomic mass is 10.2. The van der Waals surface area contributed by atoms with Crippen LogP contribution in [-0.4, -0.2) is 44.2 Å². The molecule has 1 fully saturated rings. The third kappa shape index (κ3) is 2.71. The number of likely N-dealkylation sites (N-methyl/N-ethyl adjacent to an activating group) is 1. The summed E-state index contributed by atoms with van der Waals surface area (Å²) >= 11 is 1.79. The van der Waals surface area contributed by atoms with Crippen LogP contribution in [0.3, 0.4) is 0 Å². The van der Waals surface area contributed by atoms with Crippen LogP contribution in [0.2, 0.25) is 0 Å². The fourth-order valence-corrected chi connectivity index (χ4v) is 2.68. The SMILES string of the molecule is Cc1ccsc1NCC1CNCCN1C. The van der Waals surface area contributed by atoms with Gasteiger partial charge >= 0.3 is 0 Å². The van der Waals surface area contributed by atoms with Crippen LogP contribution in [0, 0.1) is 6.92 Å². The quantitative estimate of drug-likeness (QED) is 0.813. The highest BCUT2D eigenvalue weighted by Gasteiger charge is 2.18. The third-order valence-corrected chi connectivity index (χ3v) is 3.98. The van der Waals surface area contributed by atoms with E-state index in [2.05, 4.69) is 41.0 Å². The summed E-state index contributed by atoms with van der Waals surface area (Å²) in [6, 6.07) is 2.77. The minimum atomic E-state index is 0.611. The average molecular weight is 225 g/mol. The van der Waals surface area contributed by atoms with E-state index in [-0.39, 0.29) is 0 Å². The molecule has 1 aliphatic heterocycles. The lowest BCUT2D eigenvalue weighted by molar-refractivity contribution is 0.209. The summed E-state index contributed by atoms with van der Waals surface area (Å²) in [4.78, 5) is 2.42. The predicted molar refractivity (Wildman–Crippen MR) is 66.8 cm³/mol. The van der Waals surface area contributed by atoms with Crippen molar-refractivity contribution in [1.82, 2.24) is 10.2 Å². The molecular formula is C11H19N3S. The van der Waals surface area contributed by atoms with E-state index >= 15 is 0 Å². The summed E-state index contributed by atoms with van der Waals surface area (Å²) in [5.74, 6) is 0. The van der Waals surface area contributed by atoms with E-state index in [0.29, 0.717) is 6.04 Å². The summed E-state index contributed by atoms with van der Waals surface area (Å²) in [5.41, 5.74) is 1.35. The van der Waals surface area contributed by atoms with Gasteiger partial charge in [-0.2, -0.15) is 0 Å². The lowest BCUT2D eigenvalue weighted by Gasteiger charge is -2.33. The van der Waals surface area contributed by atoms with Gasteiger partial charge in [0.1, 0.15) is 0 Å². The molecule has 3 nitrogen and oxygen atoms in total. The average Bonchev–Trinajstić information content (AvgIpc) is 2.63. The second kappa shape index (κ2) is 4.96. The number of thiophene rings is 1. The fraction of sp³-hybridized carbons (Fsp3) is 0.636. The van der Waals surface area contributed by atoms with E-state index in [1.807, 2.05) is 0 Å². The van der Waals surface area contributed by atoms with E-state index in [0.717, 1.165) is 26.2 Å². The molecule has 1 atom stereocenters. The highest BCUT2D eigenvalue weighted by atomic mass is 32.1. The molecule has 1 saturated heterocycles. The number of rotatable bonds is 3. The molecule has 84 valence electrons. The highest BCUT2D eigenvalue weighted by Crippen LogP contribution is 2.21. The number of nitrogens with zero attached hydrogens (tertiary/aromatic N) is 1. The Hall–Kier alpha value is -0.580. The number of nitrogens with one attached hydrogen (secondary N) is 2. The zero-order valence-electron chi connectivity index (χ0n) is 9.42. The maximum Gasteiger partial charge on any atom is 0.0912 e. The minimum Gasteiger partial charge on any atom is -0.375 e. The zero-order valence-corrected chi connectivity index (χ0v) is 10.2. The van der Waals surface area contributed by atoms with Crippen LogP contribution in [0.25, 0.3) is 0 Å². The van der Waals surface area contributed by atoms with Gasteiger partial charge in [-0.15, -0.1) is 11.3 Å². The predicted octanol–water partition coefficient (Wildman–Crippen LogP) is 1.37. The van der Waals surface area contributed by atoms with Crippen molar-refractivity contribution in [2.45, 2.75) is 13.0 Å². The number of anilines is 1. The van der Waals surface area contributed by atoms with Gasteiger partial charge in [0.05, 0.1) is 5.00 Å². The Morgan fingerprint density at radius 1 is 1.67 bits per heavy atom. The van der Waals surface area contributed by atoms with Gasteiger partial charge in [-0.1, -0.05) is 0 Å². The normalized spacial score (nSPS) is 22.9. The maximum atomic E-state index is 3.53. The van der Waals surface area contributed by atoms with Crippen LogP contribution < -0.4 is 10.6 Å². The standard InChI is InChI=1S/C11H19N3S/c1-9-3-6-15-11(9)13-8-10-7-12-4-5-14(10)2/h3,6,10,12-13H,4-5,7-8H2,1-2H3. The van der Waals surface area contributed by atoms with Gasteiger partial charge in [0.15, 0.2) is 0 Å². The molecule has 0 bridgehead atoms. The van der Waals surface area contributed by atoms with Crippen LogP contribution in [0.5, 0.6) is 0 Å². The third-order valence-electron chi connectivity index (χ3n) is 3.00. The van der Waals surface area contributed by atoms with Gasteiger partial charge in [-0.05, 0) is 31.0 Å². The summed E-state index contributed by atoms with van der Waals surface area (Å²) < 4.78 is 0. The smallest absolute Gasteiger partial charge is 0.0912 e.